The number of allylic oxidation sites excluding steroid dienone is 1. The van der Waals surface area contributed by atoms with Gasteiger partial charge in [0.05, 0.1) is 25.2 Å². The summed E-state index contributed by atoms with van der Waals surface area (Å²) in [5.41, 5.74) is 1.85. The SMILES string of the molecule is C=CCc1cc(/C=C2\NC(=O)N(Cc3ccc(C(=O)OC)o3)C2=O)cc(OCC)c1OCc1cccc([N+](=O)[O-])c1. The van der Waals surface area contributed by atoms with Crippen LogP contribution in [-0.4, -0.2) is 41.4 Å². The molecule has 4 rings (SSSR count). The van der Waals surface area contributed by atoms with Crippen molar-refractivity contribution >= 4 is 29.7 Å². The number of carbonyl (C=O) groups is 3. The Labute approximate surface area is 234 Å². The number of nitro benzene ring substituents is 1. The number of nitrogens with zero attached hydrogens (tertiary/aromatic N) is 2. The number of esters is 1. The van der Waals surface area contributed by atoms with Crippen LogP contribution < -0.4 is 14.8 Å². The number of ether oxygens (including phenoxy) is 3. The van der Waals surface area contributed by atoms with Crippen molar-refractivity contribution in [2.75, 3.05) is 13.7 Å². The lowest BCUT2D eigenvalue weighted by atomic mass is 10.0. The Morgan fingerprint density at radius 2 is 1.98 bits per heavy atom. The highest BCUT2D eigenvalue weighted by Crippen LogP contribution is 2.36. The fourth-order valence-electron chi connectivity index (χ4n) is 4.13. The van der Waals surface area contributed by atoms with Gasteiger partial charge in [-0.15, -0.1) is 6.58 Å². The zero-order valence-electron chi connectivity index (χ0n) is 22.4. The first-order chi connectivity index (χ1) is 19.7. The number of benzene rings is 2. The number of amides is 3. The molecule has 0 bridgehead atoms. The number of hydrogen-bond acceptors (Lipinski definition) is 9. The van der Waals surface area contributed by atoms with Crippen molar-refractivity contribution in [1.82, 2.24) is 10.2 Å². The number of urea groups is 1. The molecule has 2 aromatic carbocycles. The van der Waals surface area contributed by atoms with Crippen LogP contribution >= 0.6 is 0 Å². The van der Waals surface area contributed by atoms with E-state index in [1.165, 1.54) is 37.5 Å². The fourth-order valence-corrected chi connectivity index (χ4v) is 4.13. The van der Waals surface area contributed by atoms with Crippen molar-refractivity contribution < 1.29 is 37.9 Å². The second kappa shape index (κ2) is 12.6. The summed E-state index contributed by atoms with van der Waals surface area (Å²) in [4.78, 5) is 48.9. The van der Waals surface area contributed by atoms with Crippen LogP contribution in [-0.2, 0) is 29.1 Å². The summed E-state index contributed by atoms with van der Waals surface area (Å²) >= 11 is 0. The average Bonchev–Trinajstić information content (AvgIpc) is 3.53. The number of imide groups is 1. The molecule has 1 fully saturated rings. The fraction of sp³-hybridized carbons (Fsp3) is 0.207. The van der Waals surface area contributed by atoms with Crippen molar-refractivity contribution in [3.8, 4) is 11.5 Å². The molecule has 1 aromatic heterocycles. The molecule has 1 saturated heterocycles. The average molecular weight is 562 g/mol. The van der Waals surface area contributed by atoms with Crippen molar-refractivity contribution in [2.24, 2.45) is 0 Å². The van der Waals surface area contributed by atoms with E-state index in [1.54, 1.807) is 30.3 Å². The van der Waals surface area contributed by atoms with Gasteiger partial charge >= 0.3 is 12.0 Å². The van der Waals surface area contributed by atoms with E-state index in [1.807, 2.05) is 6.92 Å². The van der Waals surface area contributed by atoms with E-state index in [9.17, 15) is 24.5 Å². The van der Waals surface area contributed by atoms with Gasteiger partial charge in [-0.3, -0.25) is 19.8 Å². The zero-order valence-corrected chi connectivity index (χ0v) is 22.4. The third kappa shape index (κ3) is 6.61. The Morgan fingerprint density at radius 3 is 2.68 bits per heavy atom. The van der Waals surface area contributed by atoms with Gasteiger partial charge in [0.25, 0.3) is 11.6 Å². The molecule has 1 aliphatic heterocycles. The molecule has 0 aliphatic carbocycles. The van der Waals surface area contributed by atoms with Crippen molar-refractivity contribution in [3.63, 3.8) is 0 Å². The number of carbonyl (C=O) groups excluding carboxylic acids is 3. The topological polar surface area (TPSA) is 150 Å². The summed E-state index contributed by atoms with van der Waals surface area (Å²) in [7, 11) is 1.21. The van der Waals surface area contributed by atoms with Crippen molar-refractivity contribution in [1.29, 1.82) is 0 Å². The lowest BCUT2D eigenvalue weighted by molar-refractivity contribution is -0.384. The van der Waals surface area contributed by atoms with Gasteiger partial charge in [-0.2, -0.15) is 0 Å². The summed E-state index contributed by atoms with van der Waals surface area (Å²) in [5.74, 6) is -0.248. The van der Waals surface area contributed by atoms with Gasteiger partial charge in [-0.1, -0.05) is 18.2 Å². The van der Waals surface area contributed by atoms with Gasteiger partial charge in [0.15, 0.2) is 11.5 Å². The van der Waals surface area contributed by atoms with Gasteiger partial charge in [-0.25, -0.2) is 9.59 Å². The molecule has 3 amide bonds. The Hall–Kier alpha value is -5.39. The number of furan rings is 1. The van der Waals surface area contributed by atoms with Crippen molar-refractivity contribution in [3.05, 3.63) is 105 Å². The molecular weight excluding hydrogens is 534 g/mol. The summed E-state index contributed by atoms with van der Waals surface area (Å²) in [6.07, 6.45) is 3.59. The number of methoxy groups -OCH3 is 1. The molecule has 2 heterocycles. The zero-order chi connectivity index (χ0) is 29.5. The van der Waals surface area contributed by atoms with Crippen LogP contribution in [0.1, 0.15) is 39.9 Å². The Morgan fingerprint density at radius 1 is 1.17 bits per heavy atom. The largest absolute Gasteiger partial charge is 0.490 e. The van der Waals surface area contributed by atoms with Gasteiger partial charge in [0, 0.05) is 17.7 Å². The minimum absolute atomic E-state index is 0.0343. The number of hydrogen-bond donors (Lipinski definition) is 1. The molecule has 12 heteroatoms. The summed E-state index contributed by atoms with van der Waals surface area (Å²) in [6.45, 7) is 5.80. The van der Waals surface area contributed by atoms with E-state index < -0.39 is 22.8 Å². The van der Waals surface area contributed by atoms with Gasteiger partial charge < -0.3 is 23.9 Å². The predicted molar refractivity (Wildman–Crippen MR) is 146 cm³/mol. The molecule has 3 aromatic rings. The van der Waals surface area contributed by atoms with E-state index in [-0.39, 0.29) is 36.1 Å². The van der Waals surface area contributed by atoms with Crippen LogP contribution in [0.3, 0.4) is 0 Å². The number of nitro groups is 1. The number of nitrogens with one attached hydrogen (secondary N) is 1. The monoisotopic (exact) mass is 561 g/mol. The third-order valence-electron chi connectivity index (χ3n) is 5.96. The summed E-state index contributed by atoms with van der Waals surface area (Å²) in [6, 6.07) is 11.8. The molecule has 0 unspecified atom stereocenters. The molecule has 0 saturated carbocycles. The van der Waals surface area contributed by atoms with Crippen LogP contribution in [0.2, 0.25) is 0 Å². The highest BCUT2D eigenvalue weighted by atomic mass is 16.6. The molecule has 0 spiro atoms. The van der Waals surface area contributed by atoms with E-state index >= 15 is 0 Å². The maximum Gasteiger partial charge on any atom is 0.373 e. The maximum atomic E-state index is 13.1. The van der Waals surface area contributed by atoms with Crippen LogP contribution in [0, 0.1) is 10.1 Å². The van der Waals surface area contributed by atoms with Gasteiger partial charge in [0.2, 0.25) is 5.76 Å². The maximum absolute atomic E-state index is 13.1. The molecule has 0 radical (unpaired) electrons. The molecule has 12 nitrogen and oxygen atoms in total. The van der Waals surface area contributed by atoms with E-state index in [0.29, 0.717) is 41.2 Å². The molecule has 1 aliphatic rings. The first kappa shape index (κ1) is 28.6. The van der Waals surface area contributed by atoms with Gasteiger partial charge in [0.1, 0.15) is 18.1 Å². The molecule has 1 N–H and O–H groups in total. The molecule has 0 atom stereocenters. The smallest absolute Gasteiger partial charge is 0.373 e. The normalized spacial score (nSPS) is 13.7. The highest BCUT2D eigenvalue weighted by Gasteiger charge is 2.34. The quantitative estimate of drug-likeness (QED) is 0.0823. The van der Waals surface area contributed by atoms with Crippen LogP contribution in [0.5, 0.6) is 11.5 Å². The van der Waals surface area contributed by atoms with Crippen LogP contribution in [0.25, 0.3) is 6.08 Å². The van der Waals surface area contributed by atoms with Crippen molar-refractivity contribution in [2.45, 2.75) is 26.5 Å². The minimum Gasteiger partial charge on any atom is -0.490 e. The van der Waals surface area contributed by atoms with Gasteiger partial charge in [-0.05, 0) is 54.8 Å². The molecular formula is C29H27N3O9. The minimum atomic E-state index is -0.674. The van der Waals surface area contributed by atoms with Crippen LogP contribution in [0.15, 0.2) is 71.3 Å². The summed E-state index contributed by atoms with van der Waals surface area (Å²) < 4.78 is 21.9. The predicted octanol–water partition coefficient (Wildman–Crippen LogP) is 4.77. The summed E-state index contributed by atoms with van der Waals surface area (Å²) in [5, 5.41) is 13.7. The molecule has 212 valence electrons. The van der Waals surface area contributed by atoms with Crippen LogP contribution in [0.4, 0.5) is 10.5 Å². The lowest BCUT2D eigenvalue weighted by Gasteiger charge is -2.17. The second-order valence-electron chi connectivity index (χ2n) is 8.79. The Kier molecular flexibility index (Phi) is 8.82. The number of non-ortho nitro benzene ring substituents is 1. The first-order valence-corrected chi connectivity index (χ1v) is 12.5. The lowest BCUT2D eigenvalue weighted by Crippen LogP contribution is -2.30. The highest BCUT2D eigenvalue weighted by molar-refractivity contribution is 6.13. The second-order valence-corrected chi connectivity index (χ2v) is 8.79. The van der Waals surface area contributed by atoms with E-state index in [4.69, 9.17) is 13.9 Å². The first-order valence-electron chi connectivity index (χ1n) is 12.5. The molecule has 41 heavy (non-hydrogen) atoms. The van der Waals surface area contributed by atoms with E-state index in [0.717, 1.165) is 4.90 Å². The Balaban J connectivity index is 1.59. The number of rotatable bonds is 12. The van der Waals surface area contributed by atoms with E-state index in [2.05, 4.69) is 16.6 Å². The standard InChI is InChI=1S/C29H27N3O9/c1-4-7-20-12-19(15-25(39-5-2)26(20)40-17-18-8-6-9-21(13-18)32(36)37)14-23-27(33)31(29(35)30-23)16-22-10-11-24(41-22)28(34)38-3/h4,6,8-15H,1,5,7,16-17H2,2-3H3,(H,30,35)/b23-14-. The third-order valence-corrected chi connectivity index (χ3v) is 5.96. The Bertz CT molecular complexity index is 1540.